The monoisotopic (exact) mass is 265 g/mol. The van der Waals surface area contributed by atoms with Gasteiger partial charge in [0, 0.05) is 4.88 Å². The third-order valence-electron chi connectivity index (χ3n) is 1.51. The van der Waals surface area contributed by atoms with Gasteiger partial charge >= 0.3 is 0 Å². The van der Waals surface area contributed by atoms with Crippen LogP contribution in [-0.2, 0) is 6.54 Å². The minimum absolute atomic E-state index is 0.414. The molecule has 0 aliphatic rings. The third-order valence-corrected chi connectivity index (χ3v) is 3.63. The van der Waals surface area contributed by atoms with E-state index in [1.54, 1.807) is 0 Å². The Morgan fingerprint density at radius 3 is 2.71 bits per heavy atom. The van der Waals surface area contributed by atoms with Crippen LogP contribution in [0.4, 0.5) is 5.82 Å². The molecule has 7 heteroatoms. The quantitative estimate of drug-likeness (QED) is 0.923. The average Bonchev–Trinajstić information content (AvgIpc) is 2.72. The Hall–Kier alpha value is -0.360. The van der Waals surface area contributed by atoms with Gasteiger partial charge in [0.1, 0.15) is 0 Å². The van der Waals surface area contributed by atoms with Gasteiger partial charge in [0.2, 0.25) is 0 Å². The minimum atomic E-state index is 0.414. The van der Waals surface area contributed by atoms with E-state index in [1.165, 1.54) is 11.3 Å². The fourth-order valence-electron chi connectivity index (χ4n) is 0.901. The maximum absolute atomic E-state index is 5.79. The summed E-state index contributed by atoms with van der Waals surface area (Å²) in [5.74, 6) is 0.626. The SMILES string of the molecule is Clc1ccc(CNc2nsnc2Cl)s1. The van der Waals surface area contributed by atoms with Crippen LogP contribution in [0.5, 0.6) is 0 Å². The van der Waals surface area contributed by atoms with Crippen molar-refractivity contribution in [2.24, 2.45) is 0 Å². The number of halogens is 2. The zero-order valence-electron chi connectivity index (χ0n) is 6.83. The predicted molar refractivity (Wildman–Crippen MR) is 61.6 cm³/mol. The van der Waals surface area contributed by atoms with E-state index in [4.69, 9.17) is 23.2 Å². The Bertz CT molecular complexity index is 426. The first kappa shape index (κ1) is 10.2. The smallest absolute Gasteiger partial charge is 0.186 e. The van der Waals surface area contributed by atoms with Crippen LogP contribution in [0.3, 0.4) is 0 Å². The zero-order chi connectivity index (χ0) is 9.97. The molecule has 0 unspecified atom stereocenters. The maximum atomic E-state index is 5.79. The van der Waals surface area contributed by atoms with Gasteiger partial charge in [-0.15, -0.1) is 11.3 Å². The van der Waals surface area contributed by atoms with Gasteiger partial charge < -0.3 is 5.32 Å². The molecule has 0 aliphatic heterocycles. The summed E-state index contributed by atoms with van der Waals surface area (Å²) in [7, 11) is 0. The topological polar surface area (TPSA) is 37.8 Å². The molecule has 2 aromatic rings. The van der Waals surface area contributed by atoms with Crippen LogP contribution in [0.1, 0.15) is 4.88 Å². The van der Waals surface area contributed by atoms with E-state index in [9.17, 15) is 0 Å². The number of hydrogen-bond donors (Lipinski definition) is 1. The summed E-state index contributed by atoms with van der Waals surface area (Å²) in [5.41, 5.74) is 0. The van der Waals surface area contributed by atoms with E-state index in [0.29, 0.717) is 17.5 Å². The molecule has 0 aromatic carbocycles. The van der Waals surface area contributed by atoms with Crippen LogP contribution >= 0.6 is 46.3 Å². The maximum Gasteiger partial charge on any atom is 0.186 e. The summed E-state index contributed by atoms with van der Waals surface area (Å²) < 4.78 is 8.62. The highest BCUT2D eigenvalue weighted by molar-refractivity contribution is 7.16. The lowest BCUT2D eigenvalue weighted by Crippen LogP contribution is -1.97. The van der Waals surface area contributed by atoms with Crippen LogP contribution in [0.25, 0.3) is 0 Å². The molecule has 14 heavy (non-hydrogen) atoms. The molecule has 0 saturated heterocycles. The highest BCUT2D eigenvalue weighted by atomic mass is 35.5. The van der Waals surface area contributed by atoms with E-state index in [2.05, 4.69) is 14.1 Å². The number of thiophene rings is 1. The standard InChI is InChI=1S/C7H5Cl2N3S2/c8-5-2-1-4(13-5)3-10-7-6(9)11-14-12-7/h1-2H,3H2,(H,10,12). The lowest BCUT2D eigenvalue weighted by atomic mass is 10.4. The molecule has 0 fully saturated rings. The lowest BCUT2D eigenvalue weighted by Gasteiger charge is -1.98. The molecular formula is C7H5Cl2N3S2. The first-order valence-electron chi connectivity index (χ1n) is 3.72. The van der Waals surface area contributed by atoms with Crippen molar-refractivity contribution in [3.05, 3.63) is 26.5 Å². The molecule has 3 nitrogen and oxygen atoms in total. The lowest BCUT2D eigenvalue weighted by molar-refractivity contribution is 1.17. The summed E-state index contributed by atoms with van der Waals surface area (Å²) in [6.45, 7) is 0.669. The van der Waals surface area contributed by atoms with Gasteiger partial charge in [0.05, 0.1) is 22.6 Å². The number of nitrogens with one attached hydrogen (secondary N) is 1. The van der Waals surface area contributed by atoms with Gasteiger partial charge in [-0.1, -0.05) is 23.2 Å². The number of aromatic nitrogens is 2. The molecule has 1 N–H and O–H groups in total. The zero-order valence-corrected chi connectivity index (χ0v) is 9.97. The van der Waals surface area contributed by atoms with Crippen molar-refractivity contribution in [2.45, 2.75) is 6.54 Å². The largest absolute Gasteiger partial charge is 0.362 e. The molecule has 0 atom stereocenters. The van der Waals surface area contributed by atoms with Gasteiger partial charge in [-0.05, 0) is 12.1 Å². The molecule has 0 radical (unpaired) electrons. The van der Waals surface area contributed by atoms with E-state index in [1.807, 2.05) is 12.1 Å². The molecule has 0 spiro atoms. The highest BCUT2D eigenvalue weighted by Gasteiger charge is 2.04. The Morgan fingerprint density at radius 1 is 1.29 bits per heavy atom. The highest BCUT2D eigenvalue weighted by Crippen LogP contribution is 2.23. The molecule has 2 heterocycles. The molecule has 0 aliphatic carbocycles. The van der Waals surface area contributed by atoms with Crippen LogP contribution in [0.15, 0.2) is 12.1 Å². The van der Waals surface area contributed by atoms with Gasteiger partial charge in [-0.25, -0.2) is 0 Å². The number of rotatable bonds is 3. The normalized spacial score (nSPS) is 10.4. The summed E-state index contributed by atoms with van der Waals surface area (Å²) in [4.78, 5) is 1.14. The second-order valence-corrected chi connectivity index (χ2v) is 5.15. The Balaban J connectivity index is 1.98. The first-order valence-corrected chi connectivity index (χ1v) is 6.02. The van der Waals surface area contributed by atoms with Crippen LogP contribution in [-0.4, -0.2) is 8.75 Å². The van der Waals surface area contributed by atoms with Crippen LogP contribution in [0.2, 0.25) is 9.49 Å². The molecular weight excluding hydrogens is 261 g/mol. The molecule has 0 bridgehead atoms. The Labute approximate surface area is 99.0 Å². The van der Waals surface area contributed by atoms with Crippen molar-refractivity contribution in [3.63, 3.8) is 0 Å². The number of anilines is 1. The van der Waals surface area contributed by atoms with E-state index < -0.39 is 0 Å². The van der Waals surface area contributed by atoms with Gasteiger partial charge in [-0.3, -0.25) is 0 Å². The van der Waals surface area contributed by atoms with Crippen LogP contribution in [0, 0.1) is 0 Å². The number of nitrogens with zero attached hydrogens (tertiary/aromatic N) is 2. The third kappa shape index (κ3) is 2.36. The average molecular weight is 266 g/mol. The van der Waals surface area contributed by atoms with Crippen molar-refractivity contribution in [1.82, 2.24) is 8.75 Å². The molecule has 2 rings (SSSR count). The second-order valence-electron chi connectivity index (χ2n) is 2.46. The van der Waals surface area contributed by atoms with Crippen molar-refractivity contribution in [1.29, 1.82) is 0 Å². The first-order chi connectivity index (χ1) is 6.75. The summed E-state index contributed by atoms with van der Waals surface area (Å²) in [6, 6.07) is 3.83. The molecule has 74 valence electrons. The van der Waals surface area contributed by atoms with Gasteiger partial charge in [0.15, 0.2) is 11.0 Å². The predicted octanol–water partition coefficient (Wildman–Crippen LogP) is 3.52. The summed E-state index contributed by atoms with van der Waals surface area (Å²) >= 11 is 14.2. The van der Waals surface area contributed by atoms with E-state index in [-0.39, 0.29) is 0 Å². The second kappa shape index (κ2) is 4.44. The fraction of sp³-hybridized carbons (Fsp3) is 0.143. The molecule has 0 saturated carbocycles. The summed E-state index contributed by atoms with van der Waals surface area (Å²) in [5, 5.41) is 3.49. The molecule has 0 amide bonds. The van der Waals surface area contributed by atoms with Gasteiger partial charge in [-0.2, -0.15) is 8.75 Å². The Morgan fingerprint density at radius 2 is 2.14 bits per heavy atom. The summed E-state index contributed by atoms with van der Waals surface area (Å²) in [6.07, 6.45) is 0. The Kier molecular flexibility index (Phi) is 3.22. The van der Waals surface area contributed by atoms with E-state index in [0.717, 1.165) is 20.9 Å². The van der Waals surface area contributed by atoms with Crippen molar-refractivity contribution in [2.75, 3.05) is 5.32 Å². The van der Waals surface area contributed by atoms with Crippen molar-refractivity contribution >= 4 is 52.1 Å². The van der Waals surface area contributed by atoms with Crippen LogP contribution < -0.4 is 5.32 Å². The van der Waals surface area contributed by atoms with E-state index >= 15 is 0 Å². The fourth-order valence-corrected chi connectivity index (χ4v) is 2.61. The number of hydrogen-bond acceptors (Lipinski definition) is 5. The molecule has 2 aromatic heterocycles. The van der Waals surface area contributed by atoms with Crippen molar-refractivity contribution < 1.29 is 0 Å². The van der Waals surface area contributed by atoms with Gasteiger partial charge in [0.25, 0.3) is 0 Å². The van der Waals surface area contributed by atoms with Crippen molar-refractivity contribution in [3.8, 4) is 0 Å². The minimum Gasteiger partial charge on any atom is -0.362 e.